The molecule has 0 bridgehead atoms. The van der Waals surface area contributed by atoms with Gasteiger partial charge in [0, 0.05) is 75.1 Å². The quantitative estimate of drug-likeness (QED) is 0.520. The van der Waals surface area contributed by atoms with Crippen molar-refractivity contribution in [2.24, 2.45) is 7.05 Å². The maximum absolute atomic E-state index is 12.6. The Balaban J connectivity index is 1.51. The van der Waals surface area contributed by atoms with Crippen LogP contribution in [0.3, 0.4) is 0 Å². The second kappa shape index (κ2) is 9.43. The number of pyridine rings is 1. The summed E-state index contributed by atoms with van der Waals surface area (Å²) in [6.45, 7) is 7.42. The first-order valence-corrected chi connectivity index (χ1v) is 10.9. The van der Waals surface area contributed by atoms with Crippen LogP contribution in [0.5, 0.6) is 0 Å². The van der Waals surface area contributed by atoms with Gasteiger partial charge in [-0.05, 0) is 38.3 Å². The van der Waals surface area contributed by atoms with Crippen molar-refractivity contribution >= 4 is 5.97 Å². The van der Waals surface area contributed by atoms with Crippen LogP contribution in [0.1, 0.15) is 51.9 Å². The molecular weight excluding hydrogens is 392 g/mol. The molecule has 0 atom stereocenters. The normalized spacial score (nSPS) is 13.9. The zero-order chi connectivity index (χ0) is 21.8. The molecule has 4 heterocycles. The van der Waals surface area contributed by atoms with Gasteiger partial charge in [0.05, 0.1) is 12.3 Å². The van der Waals surface area contributed by atoms with Gasteiger partial charge in [0.2, 0.25) is 0 Å². The molecule has 0 saturated heterocycles. The number of hydrogen-bond acceptors (Lipinski definition) is 6. The lowest BCUT2D eigenvalue weighted by atomic mass is 10.0. The highest BCUT2D eigenvalue weighted by Crippen LogP contribution is 2.25. The topological polar surface area (TPSA) is 78.1 Å². The number of aromatic nitrogens is 5. The number of esters is 1. The Labute approximate surface area is 182 Å². The van der Waals surface area contributed by atoms with E-state index in [1.807, 2.05) is 42.5 Å². The summed E-state index contributed by atoms with van der Waals surface area (Å²) in [7, 11) is 1.94. The largest absolute Gasteiger partial charge is 0.461 e. The molecule has 3 aromatic heterocycles. The highest BCUT2D eigenvalue weighted by Gasteiger charge is 2.29. The minimum absolute atomic E-state index is 0.329. The molecule has 0 spiro atoms. The van der Waals surface area contributed by atoms with E-state index in [-0.39, 0.29) is 5.97 Å². The summed E-state index contributed by atoms with van der Waals surface area (Å²) in [6.07, 6.45) is 8.51. The average Bonchev–Trinajstić information content (AvgIpc) is 3.28. The lowest BCUT2D eigenvalue weighted by molar-refractivity contribution is 0.0515. The number of rotatable bonds is 8. The van der Waals surface area contributed by atoms with Crippen LogP contribution in [-0.4, -0.2) is 48.6 Å². The van der Waals surface area contributed by atoms with E-state index in [9.17, 15) is 4.79 Å². The molecule has 0 radical (unpaired) electrons. The highest BCUT2D eigenvalue weighted by molar-refractivity contribution is 5.89. The fraction of sp³-hybridized carbons (Fsp3) is 0.478. The summed E-state index contributed by atoms with van der Waals surface area (Å²) in [5, 5.41) is 9.14. The van der Waals surface area contributed by atoms with Gasteiger partial charge in [-0.2, -0.15) is 10.2 Å². The summed E-state index contributed by atoms with van der Waals surface area (Å²) >= 11 is 0. The summed E-state index contributed by atoms with van der Waals surface area (Å²) in [4.78, 5) is 19.2. The van der Waals surface area contributed by atoms with Crippen molar-refractivity contribution in [1.82, 2.24) is 29.4 Å². The van der Waals surface area contributed by atoms with E-state index in [1.165, 1.54) is 11.1 Å². The van der Waals surface area contributed by atoms with Crippen molar-refractivity contribution in [3.8, 4) is 0 Å². The van der Waals surface area contributed by atoms with Gasteiger partial charge in [-0.3, -0.25) is 19.2 Å². The number of nitrogens with zero attached hydrogens (tertiary/aromatic N) is 6. The predicted octanol–water partition coefficient (Wildman–Crippen LogP) is 2.69. The standard InChI is InChI=1S/C23H30N6O2/c1-4-31-23(30)22-20-16-28(15-19-14-27(3)25-17(19)2)12-9-21(20)29(26-22)11-6-8-18-7-5-10-24-13-18/h5,7,10,13-14H,4,6,8-9,11-12,15-16H2,1-3H3. The van der Waals surface area contributed by atoms with E-state index < -0.39 is 0 Å². The van der Waals surface area contributed by atoms with Gasteiger partial charge >= 0.3 is 5.97 Å². The molecule has 0 fully saturated rings. The molecule has 1 aliphatic heterocycles. The first-order chi connectivity index (χ1) is 15.0. The van der Waals surface area contributed by atoms with E-state index in [2.05, 4.69) is 32.3 Å². The van der Waals surface area contributed by atoms with Crippen molar-refractivity contribution in [1.29, 1.82) is 0 Å². The Morgan fingerprint density at radius 2 is 2.16 bits per heavy atom. The van der Waals surface area contributed by atoms with Gasteiger partial charge < -0.3 is 4.74 Å². The van der Waals surface area contributed by atoms with Crippen LogP contribution in [0, 0.1) is 6.92 Å². The third-order valence-electron chi connectivity index (χ3n) is 5.75. The highest BCUT2D eigenvalue weighted by atomic mass is 16.5. The molecule has 0 unspecified atom stereocenters. The minimum Gasteiger partial charge on any atom is -0.461 e. The van der Waals surface area contributed by atoms with Gasteiger partial charge in [-0.1, -0.05) is 6.07 Å². The number of aryl methyl sites for hydroxylation is 4. The third-order valence-corrected chi connectivity index (χ3v) is 5.75. The lowest BCUT2D eigenvalue weighted by Gasteiger charge is -2.27. The molecule has 31 heavy (non-hydrogen) atoms. The molecule has 0 saturated carbocycles. The Morgan fingerprint density at radius 1 is 1.29 bits per heavy atom. The molecule has 8 nitrogen and oxygen atoms in total. The number of carbonyl (C=O) groups excluding carboxylic acids is 1. The SMILES string of the molecule is CCOC(=O)c1nn(CCCc2cccnc2)c2c1CN(Cc1cn(C)nc1C)CC2. The van der Waals surface area contributed by atoms with Crippen molar-refractivity contribution in [3.63, 3.8) is 0 Å². The van der Waals surface area contributed by atoms with E-state index in [1.54, 1.807) is 6.20 Å². The Kier molecular flexibility index (Phi) is 6.46. The van der Waals surface area contributed by atoms with Crippen molar-refractivity contribution in [2.45, 2.75) is 52.7 Å². The predicted molar refractivity (Wildman–Crippen MR) is 117 cm³/mol. The fourth-order valence-electron chi connectivity index (χ4n) is 4.25. The van der Waals surface area contributed by atoms with Gasteiger partial charge in [-0.25, -0.2) is 4.79 Å². The maximum atomic E-state index is 12.6. The van der Waals surface area contributed by atoms with Gasteiger partial charge in [-0.15, -0.1) is 0 Å². The molecule has 164 valence electrons. The smallest absolute Gasteiger partial charge is 0.359 e. The second-order valence-electron chi connectivity index (χ2n) is 8.06. The van der Waals surface area contributed by atoms with E-state index in [0.717, 1.165) is 55.8 Å². The van der Waals surface area contributed by atoms with Crippen molar-refractivity contribution in [3.05, 3.63) is 64.5 Å². The van der Waals surface area contributed by atoms with Crippen LogP contribution < -0.4 is 0 Å². The number of carbonyl (C=O) groups is 1. The van der Waals surface area contributed by atoms with Gasteiger partial charge in [0.1, 0.15) is 0 Å². The van der Waals surface area contributed by atoms with Crippen LogP contribution in [0.4, 0.5) is 0 Å². The number of hydrogen-bond donors (Lipinski definition) is 0. The second-order valence-corrected chi connectivity index (χ2v) is 8.06. The monoisotopic (exact) mass is 422 g/mol. The maximum Gasteiger partial charge on any atom is 0.359 e. The summed E-state index contributed by atoms with van der Waals surface area (Å²) in [5.41, 5.74) is 6.11. The Bertz CT molecular complexity index is 1040. The van der Waals surface area contributed by atoms with Crippen LogP contribution in [0.25, 0.3) is 0 Å². The van der Waals surface area contributed by atoms with Crippen LogP contribution in [0.15, 0.2) is 30.7 Å². The molecule has 8 heteroatoms. The van der Waals surface area contributed by atoms with E-state index in [0.29, 0.717) is 18.8 Å². The fourth-order valence-corrected chi connectivity index (χ4v) is 4.25. The van der Waals surface area contributed by atoms with Crippen LogP contribution in [0.2, 0.25) is 0 Å². The zero-order valence-corrected chi connectivity index (χ0v) is 18.5. The van der Waals surface area contributed by atoms with Crippen molar-refractivity contribution in [2.75, 3.05) is 13.2 Å². The van der Waals surface area contributed by atoms with Crippen molar-refractivity contribution < 1.29 is 9.53 Å². The molecule has 3 aromatic rings. The number of fused-ring (bicyclic) bond motifs is 1. The van der Waals surface area contributed by atoms with E-state index in [4.69, 9.17) is 4.74 Å². The Hall–Kier alpha value is -3.00. The molecule has 1 aliphatic rings. The van der Waals surface area contributed by atoms with E-state index >= 15 is 0 Å². The molecule has 0 aliphatic carbocycles. The molecule has 0 aromatic carbocycles. The minimum atomic E-state index is -0.329. The Morgan fingerprint density at radius 3 is 2.87 bits per heavy atom. The third kappa shape index (κ3) is 4.85. The lowest BCUT2D eigenvalue weighted by Crippen LogP contribution is -2.31. The molecule has 0 N–H and O–H groups in total. The summed E-state index contributed by atoms with van der Waals surface area (Å²) < 4.78 is 9.17. The van der Waals surface area contributed by atoms with Crippen LogP contribution >= 0.6 is 0 Å². The first-order valence-electron chi connectivity index (χ1n) is 10.9. The molecule has 4 rings (SSSR count). The van der Waals surface area contributed by atoms with Gasteiger partial charge in [0.15, 0.2) is 5.69 Å². The average molecular weight is 423 g/mol. The molecule has 0 amide bonds. The summed E-state index contributed by atoms with van der Waals surface area (Å²) in [5.74, 6) is -0.329. The summed E-state index contributed by atoms with van der Waals surface area (Å²) in [6, 6.07) is 4.05. The zero-order valence-electron chi connectivity index (χ0n) is 18.5. The molecular formula is C23H30N6O2. The van der Waals surface area contributed by atoms with Gasteiger partial charge in [0.25, 0.3) is 0 Å². The number of ether oxygens (including phenoxy) is 1. The first kappa shape index (κ1) is 21.2. The van der Waals surface area contributed by atoms with Crippen LogP contribution in [-0.2, 0) is 44.3 Å².